The molecule has 0 bridgehead atoms. The van der Waals surface area contributed by atoms with Crippen molar-refractivity contribution in [1.29, 1.82) is 0 Å². The highest BCUT2D eigenvalue weighted by Crippen LogP contribution is 2.55. The Morgan fingerprint density at radius 3 is 2.42 bits per heavy atom. The smallest absolute Gasteiger partial charge is 0.234 e. The van der Waals surface area contributed by atoms with Crippen LogP contribution in [0.4, 0.5) is 0 Å². The highest BCUT2D eigenvalue weighted by atomic mass is 17.3. The maximum Gasteiger partial charge on any atom is 0.234 e. The number of ether oxygens (including phenoxy) is 1. The molecule has 0 radical (unpaired) electrons. The van der Waals surface area contributed by atoms with Crippen LogP contribution in [-0.2, 0) is 14.5 Å². The molecule has 3 fully saturated rings. The fraction of sp³-hybridized carbons (Fsp3) is 1.00. The van der Waals surface area contributed by atoms with Crippen LogP contribution in [0.2, 0.25) is 0 Å². The minimum absolute atomic E-state index is 0.0521. The van der Waals surface area contributed by atoms with Gasteiger partial charge in [-0.25, -0.2) is 4.89 Å². The normalized spacial score (nSPS) is 52.0. The van der Waals surface area contributed by atoms with Crippen molar-refractivity contribution in [1.82, 2.24) is 0 Å². The number of hydrogen-bond donors (Lipinski definition) is 0. The van der Waals surface area contributed by atoms with Gasteiger partial charge in [-0.3, -0.25) is 0 Å². The van der Waals surface area contributed by atoms with E-state index in [2.05, 4.69) is 0 Å². The van der Waals surface area contributed by atoms with E-state index >= 15 is 0 Å². The van der Waals surface area contributed by atoms with Crippen LogP contribution in [0.5, 0.6) is 0 Å². The Labute approximate surface area is 71.9 Å². The SMILES string of the molecule is C1CC[C@@]23OCCC[C@]2(C1)OO3. The van der Waals surface area contributed by atoms with Gasteiger partial charge in [0.15, 0.2) is 5.60 Å². The van der Waals surface area contributed by atoms with Crippen LogP contribution < -0.4 is 0 Å². The van der Waals surface area contributed by atoms with Crippen molar-refractivity contribution in [3.05, 3.63) is 0 Å². The first-order valence-electron chi connectivity index (χ1n) is 4.88. The first kappa shape index (κ1) is 7.30. The lowest BCUT2D eigenvalue weighted by atomic mass is 9.73. The summed E-state index contributed by atoms with van der Waals surface area (Å²) in [7, 11) is 0. The first-order chi connectivity index (χ1) is 5.87. The molecule has 0 amide bonds. The van der Waals surface area contributed by atoms with Gasteiger partial charge >= 0.3 is 0 Å². The summed E-state index contributed by atoms with van der Waals surface area (Å²) in [6.07, 6.45) is 6.84. The monoisotopic (exact) mass is 170 g/mol. The van der Waals surface area contributed by atoms with Crippen LogP contribution in [0.15, 0.2) is 0 Å². The van der Waals surface area contributed by atoms with Crippen LogP contribution >= 0.6 is 0 Å². The number of rotatable bonds is 0. The van der Waals surface area contributed by atoms with Crippen LogP contribution in [0.25, 0.3) is 0 Å². The Balaban J connectivity index is 1.91. The molecule has 0 aromatic heterocycles. The lowest BCUT2D eigenvalue weighted by molar-refractivity contribution is -0.626. The Kier molecular flexibility index (Phi) is 1.35. The second-order valence-corrected chi connectivity index (χ2v) is 4.07. The van der Waals surface area contributed by atoms with E-state index in [1.54, 1.807) is 0 Å². The molecule has 3 rings (SSSR count). The lowest BCUT2D eigenvalue weighted by Gasteiger charge is -2.60. The van der Waals surface area contributed by atoms with Gasteiger partial charge in [0.05, 0.1) is 6.61 Å². The Morgan fingerprint density at radius 1 is 0.833 bits per heavy atom. The van der Waals surface area contributed by atoms with Gasteiger partial charge in [-0.1, -0.05) is 6.42 Å². The minimum Gasteiger partial charge on any atom is -0.345 e. The zero-order valence-corrected chi connectivity index (χ0v) is 7.17. The maximum absolute atomic E-state index is 5.71. The Hall–Kier alpha value is -0.120. The first-order valence-corrected chi connectivity index (χ1v) is 4.88. The molecule has 1 saturated carbocycles. The Bertz CT molecular complexity index is 168. The molecule has 2 atom stereocenters. The average Bonchev–Trinajstić information content (AvgIpc) is 2.09. The topological polar surface area (TPSA) is 27.7 Å². The van der Waals surface area contributed by atoms with Gasteiger partial charge in [0.25, 0.3) is 0 Å². The predicted octanol–water partition coefficient (Wildman–Crippen LogP) is 1.77. The molecule has 0 aromatic rings. The summed E-state index contributed by atoms with van der Waals surface area (Å²) in [4.78, 5) is 10.5. The van der Waals surface area contributed by atoms with Gasteiger partial charge in [-0.2, -0.15) is 4.89 Å². The summed E-state index contributed by atoms with van der Waals surface area (Å²) in [5.41, 5.74) is -0.0521. The lowest BCUT2D eigenvalue weighted by Crippen LogP contribution is -2.71. The van der Waals surface area contributed by atoms with Crippen LogP contribution in [0.1, 0.15) is 38.5 Å². The van der Waals surface area contributed by atoms with E-state index in [4.69, 9.17) is 14.5 Å². The molecule has 0 spiro atoms. The molecule has 2 heterocycles. The Morgan fingerprint density at radius 2 is 1.67 bits per heavy atom. The van der Waals surface area contributed by atoms with Crippen molar-refractivity contribution >= 4 is 0 Å². The standard InChI is InChI=1S/C9H14O3/c1-2-6-9-8(4-1,11-12-9)5-3-7-10-9/h1-7H2/t8-,9-/m0/s1. The molecule has 0 aromatic carbocycles. The maximum atomic E-state index is 5.71. The molecule has 68 valence electrons. The average molecular weight is 170 g/mol. The van der Waals surface area contributed by atoms with E-state index in [0.29, 0.717) is 0 Å². The summed E-state index contributed by atoms with van der Waals surface area (Å²) >= 11 is 0. The van der Waals surface area contributed by atoms with Crippen molar-refractivity contribution in [3.63, 3.8) is 0 Å². The predicted molar refractivity (Wildman–Crippen MR) is 41.3 cm³/mol. The molecule has 3 aliphatic rings. The summed E-state index contributed by atoms with van der Waals surface area (Å²) in [6, 6.07) is 0. The molecular formula is C9H14O3. The molecule has 2 aliphatic heterocycles. The molecule has 3 nitrogen and oxygen atoms in total. The second-order valence-electron chi connectivity index (χ2n) is 4.07. The fourth-order valence-corrected chi connectivity index (χ4v) is 2.70. The zero-order chi connectivity index (χ0) is 8.07. The molecule has 2 saturated heterocycles. The van der Waals surface area contributed by atoms with Gasteiger partial charge < -0.3 is 4.74 Å². The van der Waals surface area contributed by atoms with Gasteiger partial charge in [0, 0.05) is 6.42 Å². The van der Waals surface area contributed by atoms with Crippen molar-refractivity contribution < 1.29 is 14.5 Å². The van der Waals surface area contributed by atoms with Crippen molar-refractivity contribution in [3.8, 4) is 0 Å². The van der Waals surface area contributed by atoms with E-state index in [-0.39, 0.29) is 11.4 Å². The van der Waals surface area contributed by atoms with Crippen LogP contribution in [0, 0.1) is 0 Å². The molecule has 12 heavy (non-hydrogen) atoms. The summed E-state index contributed by atoms with van der Waals surface area (Å²) in [5, 5.41) is 0. The zero-order valence-electron chi connectivity index (χ0n) is 7.17. The third-order valence-electron chi connectivity index (χ3n) is 3.43. The van der Waals surface area contributed by atoms with Crippen molar-refractivity contribution in [2.24, 2.45) is 0 Å². The van der Waals surface area contributed by atoms with Gasteiger partial charge in [-0.15, -0.1) is 0 Å². The molecule has 1 aliphatic carbocycles. The summed E-state index contributed by atoms with van der Waals surface area (Å²) < 4.78 is 5.71. The molecule has 0 unspecified atom stereocenters. The van der Waals surface area contributed by atoms with E-state index in [1.165, 1.54) is 12.8 Å². The second kappa shape index (κ2) is 2.22. The molecule has 0 N–H and O–H groups in total. The molecule has 3 heteroatoms. The summed E-state index contributed by atoms with van der Waals surface area (Å²) in [6.45, 7) is 0.838. The van der Waals surface area contributed by atoms with E-state index in [9.17, 15) is 0 Å². The highest BCUT2D eigenvalue weighted by molar-refractivity contribution is 5.04. The third-order valence-corrected chi connectivity index (χ3v) is 3.43. The van der Waals surface area contributed by atoms with Crippen molar-refractivity contribution in [2.45, 2.75) is 49.9 Å². The van der Waals surface area contributed by atoms with Gasteiger partial charge in [0.1, 0.15) is 0 Å². The van der Waals surface area contributed by atoms with Crippen molar-refractivity contribution in [2.75, 3.05) is 6.61 Å². The fourth-order valence-electron chi connectivity index (χ4n) is 2.70. The highest BCUT2D eigenvalue weighted by Gasteiger charge is 2.67. The van der Waals surface area contributed by atoms with E-state index < -0.39 is 0 Å². The number of hydrogen-bond acceptors (Lipinski definition) is 3. The van der Waals surface area contributed by atoms with E-state index in [0.717, 1.165) is 32.3 Å². The van der Waals surface area contributed by atoms with Gasteiger partial charge in [-0.05, 0) is 25.7 Å². The van der Waals surface area contributed by atoms with Crippen LogP contribution in [0.3, 0.4) is 0 Å². The minimum atomic E-state index is -0.330. The van der Waals surface area contributed by atoms with Gasteiger partial charge in [0.2, 0.25) is 5.79 Å². The van der Waals surface area contributed by atoms with Crippen LogP contribution in [-0.4, -0.2) is 18.0 Å². The largest absolute Gasteiger partial charge is 0.345 e. The molecular weight excluding hydrogens is 156 g/mol. The third kappa shape index (κ3) is 0.679. The van der Waals surface area contributed by atoms with E-state index in [1.807, 2.05) is 0 Å². The summed E-state index contributed by atoms with van der Waals surface area (Å²) in [5.74, 6) is -0.330. The quantitative estimate of drug-likeness (QED) is 0.518.